The van der Waals surface area contributed by atoms with E-state index >= 15 is 0 Å². The summed E-state index contributed by atoms with van der Waals surface area (Å²) in [4.78, 5) is 16.7. The highest BCUT2D eigenvalue weighted by atomic mass is 35.5. The van der Waals surface area contributed by atoms with Gasteiger partial charge in [0.1, 0.15) is 12.4 Å². The molecule has 0 aliphatic rings. The van der Waals surface area contributed by atoms with Gasteiger partial charge in [0.05, 0.1) is 35.1 Å². The van der Waals surface area contributed by atoms with Crippen LogP contribution in [0.15, 0.2) is 36.7 Å². The second-order valence-corrected chi connectivity index (χ2v) is 7.83. The normalized spacial score (nSPS) is 11.8. The fraction of sp³-hybridized carbons (Fsp3) is 0.238. The highest BCUT2D eigenvalue weighted by Gasteiger charge is 2.35. The van der Waals surface area contributed by atoms with E-state index in [1.54, 1.807) is 6.07 Å². The Kier molecular flexibility index (Phi) is 5.83. The van der Waals surface area contributed by atoms with Gasteiger partial charge in [-0.05, 0) is 32.0 Å². The van der Waals surface area contributed by atoms with Crippen molar-refractivity contribution in [3.05, 3.63) is 70.0 Å². The van der Waals surface area contributed by atoms with Crippen molar-refractivity contribution in [1.82, 2.24) is 24.5 Å². The van der Waals surface area contributed by atoms with E-state index < -0.39 is 23.5 Å². The standard InChI is InChI=1S/C21H17ClF4N6O/c1-11-6-15(21(24,25)26)19-12(2)30-32(20(19)28-11)10-18(33)29-13-7-27-31(8-13)9-14-16(22)4-3-5-17(14)23/h3-8H,9-10H2,1-2H3,(H,29,33). The zero-order chi connectivity index (χ0) is 23.9. The first-order chi connectivity index (χ1) is 15.5. The molecule has 7 nitrogen and oxygen atoms in total. The van der Waals surface area contributed by atoms with Gasteiger partial charge in [-0.2, -0.15) is 23.4 Å². The van der Waals surface area contributed by atoms with Gasteiger partial charge in [0, 0.05) is 22.5 Å². The predicted octanol–water partition coefficient (Wildman–Crippen LogP) is 4.74. The number of anilines is 1. The van der Waals surface area contributed by atoms with Crippen molar-refractivity contribution in [3.63, 3.8) is 0 Å². The van der Waals surface area contributed by atoms with Crippen molar-refractivity contribution in [2.45, 2.75) is 33.1 Å². The minimum absolute atomic E-state index is 0.0279. The Morgan fingerprint density at radius 1 is 1.24 bits per heavy atom. The SMILES string of the molecule is Cc1cc(C(F)(F)F)c2c(C)nn(CC(=O)Nc3cnn(Cc4c(F)cccc4Cl)c3)c2n1. The van der Waals surface area contributed by atoms with Gasteiger partial charge in [0.15, 0.2) is 5.65 Å². The van der Waals surface area contributed by atoms with Crippen molar-refractivity contribution < 1.29 is 22.4 Å². The molecule has 0 bridgehead atoms. The quantitative estimate of drug-likeness (QED) is 0.418. The topological polar surface area (TPSA) is 77.6 Å². The number of aromatic nitrogens is 5. The Morgan fingerprint density at radius 2 is 2.00 bits per heavy atom. The van der Waals surface area contributed by atoms with Gasteiger partial charge in [-0.15, -0.1) is 0 Å². The van der Waals surface area contributed by atoms with Crippen LogP contribution in [0, 0.1) is 19.7 Å². The first-order valence-electron chi connectivity index (χ1n) is 9.70. The second kappa shape index (κ2) is 8.47. The summed E-state index contributed by atoms with van der Waals surface area (Å²) >= 11 is 6.02. The molecule has 172 valence electrons. The third-order valence-corrected chi connectivity index (χ3v) is 5.26. The third kappa shape index (κ3) is 4.68. The summed E-state index contributed by atoms with van der Waals surface area (Å²) in [6, 6.07) is 5.29. The van der Waals surface area contributed by atoms with E-state index in [9.17, 15) is 22.4 Å². The molecule has 0 saturated heterocycles. The van der Waals surface area contributed by atoms with Gasteiger partial charge in [0.25, 0.3) is 0 Å². The molecule has 0 unspecified atom stereocenters. The number of pyridine rings is 1. The first kappa shape index (κ1) is 22.7. The lowest BCUT2D eigenvalue weighted by molar-refractivity contribution is -0.136. The number of nitrogens with zero attached hydrogens (tertiary/aromatic N) is 5. The number of aryl methyl sites for hydroxylation is 2. The van der Waals surface area contributed by atoms with Crippen molar-refractivity contribution >= 4 is 34.2 Å². The number of amides is 1. The van der Waals surface area contributed by atoms with Crippen LogP contribution in [-0.2, 0) is 24.1 Å². The van der Waals surface area contributed by atoms with Gasteiger partial charge in [-0.1, -0.05) is 17.7 Å². The largest absolute Gasteiger partial charge is 0.417 e. The van der Waals surface area contributed by atoms with Crippen LogP contribution in [0.25, 0.3) is 11.0 Å². The van der Waals surface area contributed by atoms with Crippen LogP contribution in [0.4, 0.5) is 23.2 Å². The van der Waals surface area contributed by atoms with E-state index in [-0.39, 0.29) is 46.1 Å². The number of benzene rings is 1. The fourth-order valence-electron chi connectivity index (χ4n) is 3.51. The van der Waals surface area contributed by atoms with Gasteiger partial charge in [0.2, 0.25) is 5.91 Å². The van der Waals surface area contributed by atoms with Crippen molar-refractivity contribution in [2.75, 3.05) is 5.32 Å². The number of carbonyl (C=O) groups excluding carboxylic acids is 1. The molecule has 0 spiro atoms. The highest BCUT2D eigenvalue weighted by molar-refractivity contribution is 6.31. The Labute approximate surface area is 190 Å². The number of halogens is 5. The van der Waals surface area contributed by atoms with E-state index in [2.05, 4.69) is 20.5 Å². The van der Waals surface area contributed by atoms with E-state index in [1.807, 2.05) is 0 Å². The van der Waals surface area contributed by atoms with Gasteiger partial charge < -0.3 is 5.32 Å². The van der Waals surface area contributed by atoms with Crippen LogP contribution in [0.5, 0.6) is 0 Å². The second-order valence-electron chi connectivity index (χ2n) is 7.43. The Balaban J connectivity index is 1.53. The minimum Gasteiger partial charge on any atom is -0.322 e. The zero-order valence-corrected chi connectivity index (χ0v) is 18.2. The van der Waals surface area contributed by atoms with Crippen LogP contribution >= 0.6 is 11.6 Å². The number of alkyl halides is 3. The molecule has 33 heavy (non-hydrogen) atoms. The molecular weight excluding hydrogens is 464 g/mol. The molecule has 0 fully saturated rings. The van der Waals surface area contributed by atoms with Crippen LogP contribution in [0.3, 0.4) is 0 Å². The Morgan fingerprint density at radius 3 is 2.70 bits per heavy atom. The summed E-state index contributed by atoms with van der Waals surface area (Å²) in [5.74, 6) is -1.02. The number of hydrogen-bond acceptors (Lipinski definition) is 4. The van der Waals surface area contributed by atoms with Crippen molar-refractivity contribution in [2.24, 2.45) is 0 Å². The highest BCUT2D eigenvalue weighted by Crippen LogP contribution is 2.36. The molecule has 0 saturated carbocycles. The van der Waals surface area contributed by atoms with Crippen LogP contribution in [0.1, 0.15) is 22.5 Å². The molecule has 4 aromatic rings. The van der Waals surface area contributed by atoms with E-state index in [0.29, 0.717) is 5.69 Å². The van der Waals surface area contributed by atoms with E-state index in [1.165, 1.54) is 43.1 Å². The Hall–Kier alpha value is -3.47. The summed E-state index contributed by atoms with van der Waals surface area (Å²) in [7, 11) is 0. The lowest BCUT2D eigenvalue weighted by Gasteiger charge is -2.10. The number of fused-ring (bicyclic) bond motifs is 1. The summed E-state index contributed by atoms with van der Waals surface area (Å²) < 4.78 is 56.9. The van der Waals surface area contributed by atoms with Crippen molar-refractivity contribution in [3.8, 4) is 0 Å². The van der Waals surface area contributed by atoms with Gasteiger partial charge in [-0.3, -0.25) is 9.48 Å². The summed E-state index contributed by atoms with van der Waals surface area (Å²) in [5, 5.41) is 10.9. The van der Waals surface area contributed by atoms with Gasteiger partial charge in [-0.25, -0.2) is 14.1 Å². The molecule has 0 atom stereocenters. The summed E-state index contributed by atoms with van der Waals surface area (Å²) in [5.41, 5.74) is -0.0277. The molecule has 0 aliphatic carbocycles. The molecule has 3 aromatic heterocycles. The van der Waals surface area contributed by atoms with Gasteiger partial charge >= 0.3 is 6.18 Å². The lowest BCUT2D eigenvalue weighted by Crippen LogP contribution is -2.19. The molecule has 0 radical (unpaired) electrons. The maximum Gasteiger partial charge on any atom is 0.417 e. The first-order valence-corrected chi connectivity index (χ1v) is 10.1. The smallest absolute Gasteiger partial charge is 0.322 e. The van der Waals surface area contributed by atoms with Crippen molar-refractivity contribution in [1.29, 1.82) is 0 Å². The summed E-state index contributed by atoms with van der Waals surface area (Å²) in [6.07, 6.45) is -1.73. The average Bonchev–Trinajstić information content (AvgIpc) is 3.27. The summed E-state index contributed by atoms with van der Waals surface area (Å²) in [6.45, 7) is 2.56. The zero-order valence-electron chi connectivity index (χ0n) is 17.4. The van der Waals surface area contributed by atoms with E-state index in [4.69, 9.17) is 11.6 Å². The molecule has 1 N–H and O–H groups in total. The molecule has 0 aliphatic heterocycles. The van der Waals surface area contributed by atoms with Crippen LogP contribution < -0.4 is 5.32 Å². The molecule has 1 amide bonds. The van der Waals surface area contributed by atoms with Crippen LogP contribution in [0.2, 0.25) is 5.02 Å². The molecule has 1 aromatic carbocycles. The van der Waals surface area contributed by atoms with E-state index in [0.717, 1.165) is 10.7 Å². The number of carbonyl (C=O) groups is 1. The minimum atomic E-state index is -4.58. The molecule has 12 heteroatoms. The van der Waals surface area contributed by atoms with Crippen LogP contribution in [-0.4, -0.2) is 30.5 Å². The predicted molar refractivity (Wildman–Crippen MR) is 113 cm³/mol. The number of nitrogens with one attached hydrogen (secondary N) is 1. The Bertz CT molecular complexity index is 1340. The molecule has 3 heterocycles. The molecular formula is C21H17ClF4N6O. The average molecular weight is 481 g/mol. The number of rotatable bonds is 5. The maximum atomic E-state index is 14.0. The fourth-order valence-corrected chi connectivity index (χ4v) is 3.73. The molecule has 4 rings (SSSR count). The lowest BCUT2D eigenvalue weighted by atomic mass is 10.1. The third-order valence-electron chi connectivity index (χ3n) is 4.90. The monoisotopic (exact) mass is 480 g/mol. The number of hydrogen-bond donors (Lipinski definition) is 1. The maximum absolute atomic E-state index is 14.0.